The lowest BCUT2D eigenvalue weighted by molar-refractivity contribution is -0.144. The largest absolute Gasteiger partial charge is 0.451 e. The van der Waals surface area contributed by atoms with E-state index in [2.05, 4.69) is 14.9 Å². The Morgan fingerprint density at radius 1 is 0.971 bits per heavy atom. The van der Waals surface area contributed by atoms with Crippen LogP contribution in [0, 0.1) is 0 Å². The molecule has 3 heterocycles. The van der Waals surface area contributed by atoms with Gasteiger partial charge in [-0.05, 0) is 48.9 Å². The maximum Gasteiger partial charge on any atom is 0.451 e. The number of fused-ring (bicyclic) bond motifs is 1. The average Bonchev–Trinajstić information content (AvgIpc) is 3.47. The van der Waals surface area contributed by atoms with Crippen LogP contribution < -0.4 is 4.90 Å². The molecule has 6 nitrogen and oxygen atoms in total. The Kier molecular flexibility index (Phi) is 6.03. The molecule has 0 unspecified atom stereocenters. The number of hydrogen-bond acceptors (Lipinski definition) is 5. The molecule has 0 aliphatic carbocycles. The number of anilines is 1. The summed E-state index contributed by atoms with van der Waals surface area (Å²) in [6.45, 7) is 2.82. The molecule has 2 saturated heterocycles. The molecule has 11 heteroatoms. The van der Waals surface area contributed by atoms with E-state index in [1.807, 2.05) is 4.90 Å². The third-order valence-electron chi connectivity index (χ3n) is 6.26. The van der Waals surface area contributed by atoms with Gasteiger partial charge in [0.2, 0.25) is 5.82 Å². The Labute approximate surface area is 203 Å². The number of hydrogen-bond donors (Lipinski definition) is 0. The molecule has 2 aliphatic heterocycles. The van der Waals surface area contributed by atoms with Crippen molar-refractivity contribution in [3.05, 3.63) is 63.9 Å². The quantitative estimate of drug-likeness (QED) is 0.500. The van der Waals surface area contributed by atoms with Crippen LogP contribution in [0.1, 0.15) is 22.6 Å². The molecule has 1 amide bonds. The van der Waals surface area contributed by atoms with Crippen molar-refractivity contribution in [2.24, 2.45) is 0 Å². The fraction of sp³-hybridized carbons (Fsp3) is 0.348. The van der Waals surface area contributed by atoms with E-state index in [4.69, 9.17) is 23.2 Å². The highest BCUT2D eigenvalue weighted by Crippen LogP contribution is 2.34. The second-order valence-corrected chi connectivity index (χ2v) is 9.32. The lowest BCUT2D eigenvalue weighted by atomic mass is 10.2. The minimum Gasteiger partial charge on any atom is -0.354 e. The van der Waals surface area contributed by atoms with Crippen LogP contribution >= 0.6 is 23.2 Å². The molecule has 34 heavy (non-hydrogen) atoms. The van der Waals surface area contributed by atoms with E-state index in [-0.39, 0.29) is 23.3 Å². The molecule has 0 saturated carbocycles. The molecule has 2 fully saturated rings. The molecule has 1 atom stereocenters. The zero-order valence-corrected chi connectivity index (χ0v) is 19.4. The van der Waals surface area contributed by atoms with Crippen LogP contribution in [0.2, 0.25) is 10.0 Å². The third kappa shape index (κ3) is 4.52. The van der Waals surface area contributed by atoms with Crippen molar-refractivity contribution in [3.63, 3.8) is 0 Å². The molecule has 5 rings (SSSR count). The van der Waals surface area contributed by atoms with Gasteiger partial charge < -0.3 is 9.80 Å². The standard InChI is InChI=1S/C23H20Cl2F3N5O/c24-15-3-1-14(2-4-15)21(34)33-10-9-32(13-33)17-7-8-31(12-17)20-18-6-5-16(25)11-19(18)29-22(30-20)23(26,27)28/h1-6,11,17H,7-10,12-13H2/t17-/m1/s1. The highest BCUT2D eigenvalue weighted by molar-refractivity contribution is 6.31. The van der Waals surface area contributed by atoms with E-state index < -0.39 is 12.0 Å². The fourth-order valence-electron chi connectivity index (χ4n) is 4.53. The highest BCUT2D eigenvalue weighted by atomic mass is 35.5. The predicted molar refractivity (Wildman–Crippen MR) is 124 cm³/mol. The Hall–Kier alpha value is -2.62. The summed E-state index contributed by atoms with van der Waals surface area (Å²) in [5.41, 5.74) is 0.735. The Bertz CT molecular complexity index is 1240. The number of nitrogens with zero attached hydrogens (tertiary/aromatic N) is 5. The molecule has 2 aromatic carbocycles. The first-order valence-corrected chi connectivity index (χ1v) is 11.5. The van der Waals surface area contributed by atoms with Gasteiger partial charge in [0.25, 0.3) is 5.91 Å². The van der Waals surface area contributed by atoms with Gasteiger partial charge in [0, 0.05) is 53.2 Å². The van der Waals surface area contributed by atoms with Crippen molar-refractivity contribution in [1.29, 1.82) is 0 Å². The van der Waals surface area contributed by atoms with Gasteiger partial charge in [-0.25, -0.2) is 9.97 Å². The minimum atomic E-state index is -4.66. The highest BCUT2D eigenvalue weighted by Gasteiger charge is 2.38. The predicted octanol–water partition coefficient (Wildman–Crippen LogP) is 4.95. The van der Waals surface area contributed by atoms with Crippen molar-refractivity contribution in [2.45, 2.75) is 18.6 Å². The number of aromatic nitrogens is 2. The van der Waals surface area contributed by atoms with Gasteiger partial charge in [0.1, 0.15) is 5.82 Å². The second kappa shape index (κ2) is 8.87. The summed E-state index contributed by atoms with van der Waals surface area (Å²) in [6.07, 6.45) is -3.91. The van der Waals surface area contributed by atoms with Crippen molar-refractivity contribution >= 4 is 45.8 Å². The van der Waals surface area contributed by atoms with E-state index in [0.29, 0.717) is 53.8 Å². The summed E-state index contributed by atoms with van der Waals surface area (Å²) in [6, 6.07) is 11.6. The minimum absolute atomic E-state index is 0.0671. The maximum atomic E-state index is 13.5. The zero-order chi connectivity index (χ0) is 24.0. The first kappa shape index (κ1) is 23.1. The van der Waals surface area contributed by atoms with Gasteiger partial charge in [-0.1, -0.05) is 23.2 Å². The van der Waals surface area contributed by atoms with Crippen LogP contribution in [0.25, 0.3) is 10.9 Å². The second-order valence-electron chi connectivity index (χ2n) is 8.45. The monoisotopic (exact) mass is 509 g/mol. The first-order valence-electron chi connectivity index (χ1n) is 10.8. The molecule has 1 aromatic heterocycles. The SMILES string of the molecule is O=C(c1ccc(Cl)cc1)N1CCN([C@@H]2CCN(c3nc(C(F)(F)F)nc4cc(Cl)ccc34)C2)C1. The van der Waals surface area contributed by atoms with Crippen molar-refractivity contribution in [2.75, 3.05) is 37.7 Å². The van der Waals surface area contributed by atoms with Crippen LogP contribution in [0.5, 0.6) is 0 Å². The van der Waals surface area contributed by atoms with E-state index in [1.165, 1.54) is 6.07 Å². The molecule has 178 valence electrons. The Morgan fingerprint density at radius 3 is 2.44 bits per heavy atom. The molecule has 0 spiro atoms. The van der Waals surface area contributed by atoms with Gasteiger partial charge in [-0.2, -0.15) is 13.2 Å². The molecular weight excluding hydrogens is 490 g/mol. The number of halogens is 5. The number of amides is 1. The number of rotatable bonds is 3. The van der Waals surface area contributed by atoms with E-state index in [1.54, 1.807) is 41.3 Å². The lowest BCUT2D eigenvalue weighted by Gasteiger charge is -2.25. The normalized spacial score (nSPS) is 19.4. The summed E-state index contributed by atoms with van der Waals surface area (Å²) < 4.78 is 40.4. The van der Waals surface area contributed by atoms with Crippen molar-refractivity contribution < 1.29 is 18.0 Å². The molecule has 0 N–H and O–H groups in total. The molecule has 2 aliphatic rings. The number of alkyl halides is 3. The lowest BCUT2D eigenvalue weighted by Crippen LogP contribution is -2.38. The Morgan fingerprint density at radius 2 is 1.71 bits per heavy atom. The van der Waals surface area contributed by atoms with Crippen LogP contribution in [0.15, 0.2) is 42.5 Å². The summed E-state index contributed by atoms with van der Waals surface area (Å²) in [4.78, 5) is 26.2. The van der Waals surface area contributed by atoms with E-state index >= 15 is 0 Å². The number of benzene rings is 2. The zero-order valence-electron chi connectivity index (χ0n) is 17.9. The Balaban J connectivity index is 1.33. The van der Waals surface area contributed by atoms with Crippen molar-refractivity contribution in [3.8, 4) is 0 Å². The van der Waals surface area contributed by atoms with E-state index in [9.17, 15) is 18.0 Å². The van der Waals surface area contributed by atoms with Crippen molar-refractivity contribution in [1.82, 2.24) is 19.8 Å². The number of carbonyl (C=O) groups excluding carboxylic acids is 1. The van der Waals surface area contributed by atoms with Gasteiger partial charge in [0.15, 0.2) is 0 Å². The molecular formula is C23H20Cl2F3N5O. The van der Waals surface area contributed by atoms with Gasteiger partial charge in [-0.15, -0.1) is 0 Å². The van der Waals surface area contributed by atoms with Gasteiger partial charge in [0.05, 0.1) is 12.2 Å². The maximum absolute atomic E-state index is 13.5. The first-order chi connectivity index (χ1) is 16.2. The van der Waals surface area contributed by atoms with Crippen LogP contribution in [0.4, 0.5) is 19.0 Å². The smallest absolute Gasteiger partial charge is 0.354 e. The fourth-order valence-corrected chi connectivity index (χ4v) is 4.83. The van der Waals surface area contributed by atoms with Gasteiger partial charge in [-0.3, -0.25) is 9.69 Å². The average molecular weight is 510 g/mol. The molecule has 0 radical (unpaired) electrons. The topological polar surface area (TPSA) is 52.6 Å². The summed E-state index contributed by atoms with van der Waals surface area (Å²) in [7, 11) is 0. The van der Waals surface area contributed by atoms with Crippen LogP contribution in [-0.4, -0.2) is 64.6 Å². The number of carbonyl (C=O) groups is 1. The summed E-state index contributed by atoms with van der Waals surface area (Å²) in [5, 5.41) is 1.41. The summed E-state index contributed by atoms with van der Waals surface area (Å²) in [5.74, 6) is -0.992. The van der Waals surface area contributed by atoms with Crippen LogP contribution in [0.3, 0.4) is 0 Å². The molecule has 3 aromatic rings. The summed E-state index contributed by atoms with van der Waals surface area (Å²) >= 11 is 11.9. The molecule has 0 bridgehead atoms. The van der Waals surface area contributed by atoms with E-state index in [0.717, 1.165) is 6.42 Å². The van der Waals surface area contributed by atoms with Crippen LogP contribution in [-0.2, 0) is 6.18 Å². The third-order valence-corrected chi connectivity index (χ3v) is 6.75. The van der Waals surface area contributed by atoms with Gasteiger partial charge >= 0.3 is 6.18 Å².